The molecule has 1 aromatic heterocycles. The van der Waals surface area contributed by atoms with Crippen LogP contribution in [0.1, 0.15) is 23.2 Å². The molecule has 0 saturated heterocycles. The molecule has 0 saturated carbocycles. The SMILES string of the molecule is COC(=O)CCc1csc(C2CSc3ccccc3O2)n1. The number of methoxy groups -OCH3 is 1. The lowest BCUT2D eigenvalue weighted by Crippen LogP contribution is -2.14. The smallest absolute Gasteiger partial charge is 0.305 e. The lowest BCUT2D eigenvalue weighted by atomic mass is 10.2. The van der Waals surface area contributed by atoms with Crippen LogP contribution in [0.15, 0.2) is 34.5 Å². The molecule has 0 aliphatic carbocycles. The maximum atomic E-state index is 11.2. The fraction of sp³-hybridized carbons (Fsp3) is 0.333. The van der Waals surface area contributed by atoms with Gasteiger partial charge in [-0.2, -0.15) is 0 Å². The number of thiazole rings is 1. The van der Waals surface area contributed by atoms with Crippen molar-refractivity contribution in [3.8, 4) is 5.75 Å². The summed E-state index contributed by atoms with van der Waals surface area (Å²) < 4.78 is 10.7. The molecule has 21 heavy (non-hydrogen) atoms. The summed E-state index contributed by atoms with van der Waals surface area (Å²) in [6.07, 6.45) is 0.962. The molecule has 0 N–H and O–H groups in total. The molecule has 2 heterocycles. The van der Waals surface area contributed by atoms with E-state index in [4.69, 9.17) is 4.74 Å². The van der Waals surface area contributed by atoms with Crippen LogP contribution < -0.4 is 4.74 Å². The minimum Gasteiger partial charge on any atom is -0.481 e. The molecule has 0 amide bonds. The first-order valence-corrected chi connectivity index (χ1v) is 8.52. The zero-order valence-corrected chi connectivity index (χ0v) is 13.2. The molecule has 1 aliphatic rings. The lowest BCUT2D eigenvalue weighted by Gasteiger charge is -2.23. The van der Waals surface area contributed by atoms with E-state index in [-0.39, 0.29) is 12.1 Å². The second-order valence-corrected chi connectivity index (χ2v) is 6.57. The number of aryl methyl sites for hydroxylation is 1. The minimum atomic E-state index is -0.206. The zero-order valence-electron chi connectivity index (χ0n) is 11.6. The van der Waals surface area contributed by atoms with Crippen LogP contribution in [0.3, 0.4) is 0 Å². The van der Waals surface area contributed by atoms with Gasteiger partial charge in [0.15, 0.2) is 6.10 Å². The average Bonchev–Trinajstić information content (AvgIpc) is 3.01. The first kappa shape index (κ1) is 14.4. The Hall–Kier alpha value is -1.53. The quantitative estimate of drug-likeness (QED) is 0.807. The molecular weight excluding hydrogens is 306 g/mol. The van der Waals surface area contributed by atoms with Crippen molar-refractivity contribution in [1.29, 1.82) is 0 Å². The van der Waals surface area contributed by atoms with Crippen LogP contribution in [-0.4, -0.2) is 23.8 Å². The van der Waals surface area contributed by atoms with Crippen LogP contribution in [0.4, 0.5) is 0 Å². The highest BCUT2D eigenvalue weighted by Crippen LogP contribution is 2.40. The Morgan fingerprint density at radius 2 is 2.33 bits per heavy atom. The molecule has 4 nitrogen and oxygen atoms in total. The van der Waals surface area contributed by atoms with Crippen LogP contribution in [0, 0.1) is 0 Å². The molecule has 0 fully saturated rings. The number of ether oxygens (including phenoxy) is 2. The van der Waals surface area contributed by atoms with Crippen LogP contribution in [0.5, 0.6) is 5.75 Å². The third-order valence-corrected chi connectivity index (χ3v) is 5.27. The summed E-state index contributed by atoms with van der Waals surface area (Å²) in [6.45, 7) is 0. The van der Waals surface area contributed by atoms with E-state index in [1.165, 1.54) is 12.0 Å². The van der Waals surface area contributed by atoms with Gasteiger partial charge < -0.3 is 9.47 Å². The van der Waals surface area contributed by atoms with Gasteiger partial charge in [-0.3, -0.25) is 4.79 Å². The number of hydrogen-bond acceptors (Lipinski definition) is 6. The van der Waals surface area contributed by atoms with Crippen molar-refractivity contribution in [1.82, 2.24) is 4.98 Å². The van der Waals surface area contributed by atoms with Crippen molar-refractivity contribution >= 4 is 29.1 Å². The maximum Gasteiger partial charge on any atom is 0.305 e. The highest BCUT2D eigenvalue weighted by atomic mass is 32.2. The summed E-state index contributed by atoms with van der Waals surface area (Å²) in [5.74, 6) is 1.58. The van der Waals surface area contributed by atoms with Gasteiger partial charge in [0.25, 0.3) is 0 Å². The molecule has 2 aromatic rings. The van der Waals surface area contributed by atoms with Gasteiger partial charge in [0.1, 0.15) is 10.8 Å². The predicted octanol–water partition coefficient (Wildman–Crippen LogP) is 3.47. The maximum absolute atomic E-state index is 11.2. The van der Waals surface area contributed by atoms with E-state index in [1.54, 1.807) is 23.1 Å². The van der Waals surface area contributed by atoms with Gasteiger partial charge in [-0.25, -0.2) is 4.98 Å². The van der Waals surface area contributed by atoms with Gasteiger partial charge >= 0.3 is 5.97 Å². The molecule has 110 valence electrons. The number of rotatable bonds is 4. The summed E-state index contributed by atoms with van der Waals surface area (Å²) in [6, 6.07) is 8.05. The van der Waals surface area contributed by atoms with Gasteiger partial charge in [0.2, 0.25) is 0 Å². The molecule has 1 atom stereocenters. The van der Waals surface area contributed by atoms with Crippen molar-refractivity contribution < 1.29 is 14.3 Å². The first-order chi connectivity index (χ1) is 10.3. The lowest BCUT2D eigenvalue weighted by molar-refractivity contribution is -0.140. The number of hydrogen-bond donors (Lipinski definition) is 0. The van der Waals surface area contributed by atoms with Crippen molar-refractivity contribution in [2.45, 2.75) is 23.8 Å². The summed E-state index contributed by atoms with van der Waals surface area (Å²) in [4.78, 5) is 16.9. The highest BCUT2D eigenvalue weighted by Gasteiger charge is 2.24. The number of fused-ring (bicyclic) bond motifs is 1. The molecule has 6 heteroatoms. The molecule has 0 bridgehead atoms. The van der Waals surface area contributed by atoms with E-state index >= 15 is 0 Å². The van der Waals surface area contributed by atoms with E-state index in [1.807, 2.05) is 23.6 Å². The zero-order chi connectivity index (χ0) is 14.7. The molecule has 0 spiro atoms. The summed E-state index contributed by atoms with van der Waals surface area (Å²) >= 11 is 3.38. The Kier molecular flexibility index (Phi) is 4.45. The van der Waals surface area contributed by atoms with Gasteiger partial charge in [-0.15, -0.1) is 23.1 Å². The Labute approximate surface area is 131 Å². The number of thioether (sulfide) groups is 1. The number of nitrogens with zero attached hydrogens (tertiary/aromatic N) is 1. The van der Waals surface area contributed by atoms with Crippen LogP contribution in [0.2, 0.25) is 0 Å². The monoisotopic (exact) mass is 321 g/mol. The van der Waals surface area contributed by atoms with Crippen molar-refractivity contribution in [2.24, 2.45) is 0 Å². The third kappa shape index (κ3) is 3.39. The Balaban J connectivity index is 1.66. The molecule has 1 aliphatic heterocycles. The number of carbonyl (C=O) groups excluding carboxylic acids is 1. The van der Waals surface area contributed by atoms with Gasteiger partial charge in [-0.1, -0.05) is 12.1 Å². The van der Waals surface area contributed by atoms with Crippen molar-refractivity contribution in [3.05, 3.63) is 40.3 Å². The van der Waals surface area contributed by atoms with Crippen molar-refractivity contribution in [2.75, 3.05) is 12.9 Å². The van der Waals surface area contributed by atoms with Crippen LogP contribution in [-0.2, 0) is 16.0 Å². The molecule has 3 rings (SSSR count). The number of esters is 1. The summed E-state index contributed by atoms with van der Waals surface area (Å²) in [5.41, 5.74) is 0.924. The van der Waals surface area contributed by atoms with E-state index in [0.717, 1.165) is 22.2 Å². The fourth-order valence-corrected chi connectivity index (χ4v) is 4.03. The number of benzene rings is 1. The predicted molar refractivity (Wildman–Crippen MR) is 83.0 cm³/mol. The number of aromatic nitrogens is 1. The van der Waals surface area contributed by atoms with E-state index in [9.17, 15) is 4.79 Å². The minimum absolute atomic E-state index is 0.0122. The molecule has 1 aromatic carbocycles. The van der Waals surface area contributed by atoms with Gasteiger partial charge in [0, 0.05) is 22.4 Å². The molecule has 0 radical (unpaired) electrons. The highest BCUT2D eigenvalue weighted by molar-refractivity contribution is 7.99. The largest absolute Gasteiger partial charge is 0.481 e. The Morgan fingerprint density at radius 3 is 3.19 bits per heavy atom. The topological polar surface area (TPSA) is 48.4 Å². The second kappa shape index (κ2) is 6.49. The average molecular weight is 321 g/mol. The Morgan fingerprint density at radius 1 is 1.48 bits per heavy atom. The van der Waals surface area contributed by atoms with E-state index in [0.29, 0.717) is 12.8 Å². The summed E-state index contributed by atoms with van der Waals surface area (Å²) in [5, 5.41) is 2.96. The second-order valence-electron chi connectivity index (χ2n) is 4.62. The van der Waals surface area contributed by atoms with Gasteiger partial charge in [-0.05, 0) is 12.1 Å². The van der Waals surface area contributed by atoms with Crippen molar-refractivity contribution in [3.63, 3.8) is 0 Å². The van der Waals surface area contributed by atoms with E-state index < -0.39 is 0 Å². The van der Waals surface area contributed by atoms with Crippen LogP contribution in [0.25, 0.3) is 0 Å². The fourth-order valence-electron chi connectivity index (χ4n) is 2.06. The molecular formula is C15H15NO3S2. The third-order valence-electron chi connectivity index (χ3n) is 3.17. The van der Waals surface area contributed by atoms with Gasteiger partial charge in [0.05, 0.1) is 19.2 Å². The summed E-state index contributed by atoms with van der Waals surface area (Å²) in [7, 11) is 1.40. The Bertz CT molecular complexity index is 641. The normalized spacial score (nSPS) is 16.9. The first-order valence-electron chi connectivity index (χ1n) is 6.66. The van der Waals surface area contributed by atoms with Crippen LogP contribution >= 0.6 is 23.1 Å². The molecule has 1 unspecified atom stereocenters. The standard InChI is InChI=1S/C15H15NO3S2/c1-18-14(17)7-6-10-8-21-15(16-10)12-9-20-13-5-3-2-4-11(13)19-12/h2-5,8,12H,6-7,9H2,1H3. The number of para-hydroxylation sites is 1. The van der Waals surface area contributed by atoms with E-state index in [2.05, 4.69) is 15.8 Å². The number of carbonyl (C=O) groups is 1.